The molecule has 0 bridgehead atoms. The zero-order chi connectivity index (χ0) is 9.59. The first kappa shape index (κ1) is 9.46. The van der Waals surface area contributed by atoms with Crippen LogP contribution in [0, 0.1) is 0 Å². The number of nitrogens with two attached hydrogens (primary N) is 1. The van der Waals surface area contributed by atoms with Gasteiger partial charge >= 0.3 is 0 Å². The van der Waals surface area contributed by atoms with Crippen LogP contribution in [-0.2, 0) is 6.42 Å². The van der Waals surface area contributed by atoms with E-state index >= 15 is 0 Å². The normalized spacial score (nSPS) is 26.2. The fraction of sp³-hybridized carbons (Fsp3) is 0.333. The number of rotatable bonds is 0. The van der Waals surface area contributed by atoms with E-state index in [2.05, 4.69) is 15.9 Å². The van der Waals surface area contributed by atoms with Gasteiger partial charge in [0.15, 0.2) is 0 Å². The molecule has 70 valence electrons. The van der Waals surface area contributed by atoms with Gasteiger partial charge in [0.2, 0.25) is 0 Å². The zero-order valence-electron chi connectivity index (χ0n) is 6.80. The summed E-state index contributed by atoms with van der Waals surface area (Å²) in [5.74, 6) is 0. The number of aliphatic hydroxyl groups excluding tert-OH is 1. The van der Waals surface area contributed by atoms with Gasteiger partial charge in [0.05, 0.1) is 11.1 Å². The molecular formula is C9H9BrClNO. The number of fused-ring (bicyclic) bond motifs is 1. The summed E-state index contributed by atoms with van der Waals surface area (Å²) in [5.41, 5.74) is 7.66. The molecule has 0 fully saturated rings. The van der Waals surface area contributed by atoms with Gasteiger partial charge in [0, 0.05) is 10.5 Å². The van der Waals surface area contributed by atoms with Gasteiger partial charge in [-0.1, -0.05) is 11.6 Å². The molecule has 4 heteroatoms. The van der Waals surface area contributed by atoms with E-state index in [0.717, 1.165) is 15.6 Å². The SMILES string of the molecule is NC1Cc2cc(Br)c(Cl)cc2C1O. The minimum Gasteiger partial charge on any atom is -0.387 e. The monoisotopic (exact) mass is 261 g/mol. The van der Waals surface area contributed by atoms with Crippen molar-refractivity contribution in [2.24, 2.45) is 5.73 Å². The average molecular weight is 263 g/mol. The van der Waals surface area contributed by atoms with Crippen molar-refractivity contribution in [3.63, 3.8) is 0 Å². The highest BCUT2D eigenvalue weighted by molar-refractivity contribution is 9.10. The van der Waals surface area contributed by atoms with E-state index in [-0.39, 0.29) is 6.04 Å². The van der Waals surface area contributed by atoms with Gasteiger partial charge in [-0.15, -0.1) is 0 Å². The number of hydrogen-bond acceptors (Lipinski definition) is 2. The Balaban J connectivity index is 2.53. The fourth-order valence-electron chi connectivity index (χ4n) is 1.65. The molecule has 0 spiro atoms. The summed E-state index contributed by atoms with van der Waals surface area (Å²) in [7, 11) is 0. The van der Waals surface area contributed by atoms with Crippen molar-refractivity contribution in [1.82, 2.24) is 0 Å². The van der Waals surface area contributed by atoms with Crippen molar-refractivity contribution in [2.45, 2.75) is 18.6 Å². The van der Waals surface area contributed by atoms with Crippen LogP contribution < -0.4 is 5.73 Å². The first-order valence-corrected chi connectivity index (χ1v) is 5.18. The Hall–Kier alpha value is -0.0900. The van der Waals surface area contributed by atoms with E-state index in [1.165, 1.54) is 0 Å². The minimum absolute atomic E-state index is 0.194. The van der Waals surface area contributed by atoms with Crippen LogP contribution in [0.5, 0.6) is 0 Å². The Morgan fingerprint density at radius 3 is 2.92 bits per heavy atom. The molecule has 2 unspecified atom stereocenters. The second-order valence-corrected chi connectivity index (χ2v) is 4.54. The van der Waals surface area contributed by atoms with E-state index in [9.17, 15) is 5.11 Å². The average Bonchev–Trinajstić information content (AvgIpc) is 2.32. The fourth-order valence-corrected chi connectivity index (χ4v) is 2.21. The second-order valence-electron chi connectivity index (χ2n) is 3.28. The highest BCUT2D eigenvalue weighted by Crippen LogP contribution is 2.35. The van der Waals surface area contributed by atoms with Crippen LogP contribution in [0.15, 0.2) is 16.6 Å². The predicted molar refractivity (Wildman–Crippen MR) is 55.8 cm³/mol. The van der Waals surface area contributed by atoms with Crippen LogP contribution in [0.1, 0.15) is 17.2 Å². The van der Waals surface area contributed by atoms with Gasteiger partial charge in [-0.25, -0.2) is 0 Å². The third kappa shape index (κ3) is 1.50. The van der Waals surface area contributed by atoms with Gasteiger partial charge in [0.1, 0.15) is 0 Å². The van der Waals surface area contributed by atoms with Crippen molar-refractivity contribution in [2.75, 3.05) is 0 Å². The van der Waals surface area contributed by atoms with Gasteiger partial charge in [-0.05, 0) is 45.6 Å². The molecule has 2 atom stereocenters. The molecule has 3 N–H and O–H groups in total. The predicted octanol–water partition coefficient (Wildman–Crippen LogP) is 2.02. The van der Waals surface area contributed by atoms with Crippen molar-refractivity contribution in [3.8, 4) is 0 Å². The van der Waals surface area contributed by atoms with Gasteiger partial charge in [0.25, 0.3) is 0 Å². The largest absolute Gasteiger partial charge is 0.387 e. The molecule has 1 aliphatic rings. The minimum atomic E-state index is -0.569. The van der Waals surface area contributed by atoms with Gasteiger partial charge < -0.3 is 10.8 Å². The smallest absolute Gasteiger partial charge is 0.0947 e. The molecule has 1 aliphatic carbocycles. The second kappa shape index (κ2) is 3.24. The zero-order valence-corrected chi connectivity index (χ0v) is 9.14. The lowest BCUT2D eigenvalue weighted by atomic mass is 10.1. The van der Waals surface area contributed by atoms with Crippen LogP contribution in [0.2, 0.25) is 5.02 Å². The quantitative estimate of drug-likeness (QED) is 0.751. The topological polar surface area (TPSA) is 46.2 Å². The van der Waals surface area contributed by atoms with Crippen molar-refractivity contribution in [1.29, 1.82) is 0 Å². The van der Waals surface area contributed by atoms with Crippen molar-refractivity contribution >= 4 is 27.5 Å². The molecule has 0 heterocycles. The van der Waals surface area contributed by atoms with Crippen LogP contribution in [-0.4, -0.2) is 11.1 Å². The Morgan fingerprint density at radius 1 is 1.54 bits per heavy atom. The molecule has 0 saturated carbocycles. The third-order valence-electron chi connectivity index (χ3n) is 2.36. The number of aliphatic hydroxyl groups is 1. The molecule has 0 saturated heterocycles. The Bertz CT molecular complexity index is 356. The Kier molecular flexibility index (Phi) is 2.36. The lowest BCUT2D eigenvalue weighted by Crippen LogP contribution is -2.24. The summed E-state index contributed by atoms with van der Waals surface area (Å²) in [6, 6.07) is 3.51. The van der Waals surface area contributed by atoms with Crippen LogP contribution in [0.3, 0.4) is 0 Å². The molecule has 0 radical (unpaired) electrons. The lowest BCUT2D eigenvalue weighted by Gasteiger charge is -2.08. The summed E-state index contributed by atoms with van der Waals surface area (Å²) in [4.78, 5) is 0. The van der Waals surface area contributed by atoms with Crippen molar-refractivity contribution < 1.29 is 5.11 Å². The summed E-state index contributed by atoms with van der Waals surface area (Å²) in [6.45, 7) is 0. The molecule has 0 aliphatic heterocycles. The molecule has 1 aromatic carbocycles. The van der Waals surface area contributed by atoms with E-state index in [1.807, 2.05) is 6.07 Å². The van der Waals surface area contributed by atoms with E-state index in [0.29, 0.717) is 11.4 Å². The van der Waals surface area contributed by atoms with Crippen LogP contribution in [0.25, 0.3) is 0 Å². The summed E-state index contributed by atoms with van der Waals surface area (Å²) >= 11 is 9.24. The first-order valence-electron chi connectivity index (χ1n) is 4.01. The molecule has 2 rings (SSSR count). The third-order valence-corrected chi connectivity index (χ3v) is 3.56. The maximum atomic E-state index is 9.67. The maximum absolute atomic E-state index is 9.67. The Labute approximate surface area is 89.8 Å². The lowest BCUT2D eigenvalue weighted by molar-refractivity contribution is 0.159. The summed E-state index contributed by atoms with van der Waals surface area (Å²) in [6.07, 6.45) is 0.146. The van der Waals surface area contributed by atoms with Crippen LogP contribution >= 0.6 is 27.5 Å². The summed E-state index contributed by atoms with van der Waals surface area (Å²) < 4.78 is 0.856. The van der Waals surface area contributed by atoms with E-state index in [1.54, 1.807) is 6.07 Å². The Morgan fingerprint density at radius 2 is 2.23 bits per heavy atom. The highest BCUT2D eigenvalue weighted by atomic mass is 79.9. The molecular weight excluding hydrogens is 253 g/mol. The van der Waals surface area contributed by atoms with Gasteiger partial charge in [-0.2, -0.15) is 0 Å². The summed E-state index contributed by atoms with van der Waals surface area (Å²) in [5, 5.41) is 10.3. The van der Waals surface area contributed by atoms with E-state index in [4.69, 9.17) is 17.3 Å². The highest BCUT2D eigenvalue weighted by Gasteiger charge is 2.28. The number of halogens is 2. The van der Waals surface area contributed by atoms with Gasteiger partial charge in [-0.3, -0.25) is 0 Å². The molecule has 0 amide bonds. The standard InChI is InChI=1S/C9H9BrClNO/c10-6-1-4-2-8(12)9(13)5(4)3-7(6)11/h1,3,8-9,13H,2,12H2. The van der Waals surface area contributed by atoms with Crippen LogP contribution in [0.4, 0.5) is 0 Å². The first-order chi connectivity index (χ1) is 6.09. The molecule has 0 aromatic heterocycles. The van der Waals surface area contributed by atoms with E-state index < -0.39 is 6.10 Å². The molecule has 1 aromatic rings. The maximum Gasteiger partial charge on any atom is 0.0947 e. The number of benzene rings is 1. The van der Waals surface area contributed by atoms with Crippen molar-refractivity contribution in [3.05, 3.63) is 32.8 Å². The number of hydrogen-bond donors (Lipinski definition) is 2. The molecule has 13 heavy (non-hydrogen) atoms. The molecule has 2 nitrogen and oxygen atoms in total.